The molecule has 20 heavy (non-hydrogen) atoms. The Morgan fingerprint density at radius 2 is 1.85 bits per heavy atom. The van der Waals surface area contributed by atoms with E-state index in [0.717, 1.165) is 4.90 Å². The second-order valence-corrected chi connectivity index (χ2v) is 5.33. The predicted octanol–water partition coefficient (Wildman–Crippen LogP) is 4.10. The maximum Gasteiger partial charge on any atom is 0.335 e. The Kier molecular flexibility index (Phi) is 4.26. The smallest absolute Gasteiger partial charge is 0.335 e. The van der Waals surface area contributed by atoms with Crippen molar-refractivity contribution in [2.75, 3.05) is 0 Å². The van der Waals surface area contributed by atoms with Gasteiger partial charge in [-0.3, -0.25) is 10.1 Å². The lowest BCUT2D eigenvalue weighted by atomic mass is 10.2. The molecular formula is C13H8ClNO4S. The van der Waals surface area contributed by atoms with Crippen molar-refractivity contribution in [2.45, 2.75) is 9.79 Å². The van der Waals surface area contributed by atoms with Crippen LogP contribution in [-0.2, 0) is 0 Å². The van der Waals surface area contributed by atoms with Gasteiger partial charge < -0.3 is 5.11 Å². The van der Waals surface area contributed by atoms with Crippen molar-refractivity contribution < 1.29 is 14.8 Å². The average molecular weight is 310 g/mol. The molecule has 0 atom stereocenters. The standard InChI is InChI=1S/C13H8ClNO4S/c14-11-7-9(15(18)19)3-6-12(11)20-10-4-1-8(2-5-10)13(16)17/h1-7H,(H,16,17). The number of nitro benzene ring substituents is 1. The molecule has 7 heteroatoms. The first kappa shape index (κ1) is 14.4. The fraction of sp³-hybridized carbons (Fsp3) is 0. The molecule has 0 spiro atoms. The Bertz CT molecular complexity index is 673. The van der Waals surface area contributed by atoms with Gasteiger partial charge in [0.1, 0.15) is 0 Å². The van der Waals surface area contributed by atoms with E-state index in [2.05, 4.69) is 0 Å². The quantitative estimate of drug-likeness (QED) is 0.679. The highest BCUT2D eigenvalue weighted by Crippen LogP contribution is 2.35. The summed E-state index contributed by atoms with van der Waals surface area (Å²) in [5.41, 5.74) is 0.129. The van der Waals surface area contributed by atoms with Crippen molar-refractivity contribution in [1.29, 1.82) is 0 Å². The third-order valence-corrected chi connectivity index (χ3v) is 3.96. The molecule has 2 rings (SSSR count). The first-order valence-corrected chi connectivity index (χ1v) is 6.62. The molecule has 0 fully saturated rings. The van der Waals surface area contributed by atoms with Gasteiger partial charge in [-0.05, 0) is 30.3 Å². The second kappa shape index (κ2) is 5.94. The SMILES string of the molecule is O=C(O)c1ccc(Sc2ccc([N+](=O)[O-])cc2Cl)cc1. The number of hydrogen-bond donors (Lipinski definition) is 1. The van der Waals surface area contributed by atoms with E-state index < -0.39 is 10.9 Å². The number of hydrogen-bond acceptors (Lipinski definition) is 4. The van der Waals surface area contributed by atoms with E-state index in [1.807, 2.05) is 0 Å². The fourth-order valence-electron chi connectivity index (χ4n) is 1.48. The Hall–Kier alpha value is -2.05. The number of nitrogens with zero attached hydrogens (tertiary/aromatic N) is 1. The van der Waals surface area contributed by atoms with Crippen LogP contribution in [0.1, 0.15) is 10.4 Å². The largest absolute Gasteiger partial charge is 0.478 e. The zero-order valence-corrected chi connectivity index (χ0v) is 11.5. The topological polar surface area (TPSA) is 80.4 Å². The Morgan fingerprint density at radius 3 is 2.35 bits per heavy atom. The molecule has 0 aliphatic heterocycles. The summed E-state index contributed by atoms with van der Waals surface area (Å²) in [5, 5.41) is 19.7. The maximum atomic E-state index is 10.7. The van der Waals surface area contributed by atoms with Crippen molar-refractivity contribution in [3.63, 3.8) is 0 Å². The van der Waals surface area contributed by atoms with Gasteiger partial charge in [0.2, 0.25) is 0 Å². The van der Waals surface area contributed by atoms with Gasteiger partial charge in [-0.25, -0.2) is 4.79 Å². The van der Waals surface area contributed by atoms with Crippen molar-refractivity contribution in [2.24, 2.45) is 0 Å². The van der Waals surface area contributed by atoms with Gasteiger partial charge in [-0.1, -0.05) is 23.4 Å². The van der Waals surface area contributed by atoms with Gasteiger partial charge in [-0.2, -0.15) is 0 Å². The van der Waals surface area contributed by atoms with E-state index in [-0.39, 0.29) is 16.3 Å². The van der Waals surface area contributed by atoms with E-state index in [1.165, 1.54) is 36.0 Å². The van der Waals surface area contributed by atoms with Gasteiger partial charge in [0, 0.05) is 21.9 Å². The van der Waals surface area contributed by atoms with Crippen LogP contribution >= 0.6 is 23.4 Å². The molecule has 1 N–H and O–H groups in total. The predicted molar refractivity (Wildman–Crippen MR) is 75.6 cm³/mol. The first-order chi connectivity index (χ1) is 9.47. The van der Waals surface area contributed by atoms with Crippen LogP contribution in [0.4, 0.5) is 5.69 Å². The number of carbonyl (C=O) groups is 1. The van der Waals surface area contributed by atoms with Crippen LogP contribution in [0, 0.1) is 10.1 Å². The molecule has 0 aliphatic carbocycles. The fourth-order valence-corrected chi connectivity index (χ4v) is 2.59. The molecule has 102 valence electrons. The summed E-state index contributed by atoms with van der Waals surface area (Å²) in [4.78, 5) is 22.3. The van der Waals surface area contributed by atoms with E-state index in [1.54, 1.807) is 18.2 Å². The summed E-state index contributed by atoms with van der Waals surface area (Å²) in [6.45, 7) is 0. The summed E-state index contributed by atoms with van der Waals surface area (Å²) in [7, 11) is 0. The van der Waals surface area contributed by atoms with E-state index >= 15 is 0 Å². The van der Waals surface area contributed by atoms with Crippen molar-refractivity contribution >= 4 is 35.0 Å². The summed E-state index contributed by atoms with van der Waals surface area (Å²) in [5.74, 6) is -0.991. The average Bonchev–Trinajstić information content (AvgIpc) is 2.41. The maximum absolute atomic E-state index is 10.7. The van der Waals surface area contributed by atoms with Crippen LogP contribution in [0.25, 0.3) is 0 Å². The number of carboxylic acids is 1. The molecule has 0 saturated carbocycles. The monoisotopic (exact) mass is 309 g/mol. The van der Waals surface area contributed by atoms with E-state index in [9.17, 15) is 14.9 Å². The molecule has 0 bridgehead atoms. The first-order valence-electron chi connectivity index (χ1n) is 5.42. The third kappa shape index (κ3) is 3.28. The zero-order chi connectivity index (χ0) is 14.7. The number of halogens is 1. The minimum Gasteiger partial charge on any atom is -0.478 e. The minimum atomic E-state index is -0.991. The normalized spacial score (nSPS) is 10.2. The Labute approximate surface area is 123 Å². The highest BCUT2D eigenvalue weighted by Gasteiger charge is 2.10. The Balaban J connectivity index is 2.21. The van der Waals surface area contributed by atoms with Crippen LogP contribution < -0.4 is 0 Å². The van der Waals surface area contributed by atoms with E-state index in [0.29, 0.717) is 4.90 Å². The highest BCUT2D eigenvalue weighted by molar-refractivity contribution is 7.99. The van der Waals surface area contributed by atoms with Gasteiger partial charge in [0.05, 0.1) is 15.5 Å². The number of rotatable bonds is 4. The molecule has 2 aromatic carbocycles. The van der Waals surface area contributed by atoms with Crippen molar-refractivity contribution in [3.05, 3.63) is 63.2 Å². The molecule has 0 radical (unpaired) electrons. The lowest BCUT2D eigenvalue weighted by Gasteiger charge is -2.04. The molecular weight excluding hydrogens is 302 g/mol. The zero-order valence-electron chi connectivity index (χ0n) is 9.95. The minimum absolute atomic E-state index is 0.0689. The number of benzene rings is 2. The third-order valence-electron chi connectivity index (χ3n) is 2.46. The Morgan fingerprint density at radius 1 is 1.20 bits per heavy atom. The van der Waals surface area contributed by atoms with Crippen LogP contribution in [0.3, 0.4) is 0 Å². The number of aromatic carboxylic acids is 1. The van der Waals surface area contributed by atoms with Crippen molar-refractivity contribution in [1.82, 2.24) is 0 Å². The lowest BCUT2D eigenvalue weighted by Crippen LogP contribution is -1.94. The number of nitro groups is 1. The summed E-state index contributed by atoms with van der Waals surface area (Å²) in [6, 6.07) is 10.5. The van der Waals surface area contributed by atoms with Crippen LogP contribution in [0.5, 0.6) is 0 Å². The molecule has 5 nitrogen and oxygen atoms in total. The van der Waals surface area contributed by atoms with Gasteiger partial charge in [-0.15, -0.1) is 0 Å². The highest BCUT2D eigenvalue weighted by atomic mass is 35.5. The van der Waals surface area contributed by atoms with Crippen LogP contribution in [0.2, 0.25) is 5.02 Å². The molecule has 2 aromatic rings. The summed E-state index contributed by atoms with van der Waals surface area (Å²) < 4.78 is 0. The second-order valence-electron chi connectivity index (χ2n) is 3.80. The molecule has 0 amide bonds. The molecule has 0 heterocycles. The van der Waals surface area contributed by atoms with Gasteiger partial charge >= 0.3 is 5.97 Å². The number of non-ortho nitro benzene ring substituents is 1. The molecule has 0 aromatic heterocycles. The molecule has 0 saturated heterocycles. The van der Waals surface area contributed by atoms with Crippen molar-refractivity contribution in [3.8, 4) is 0 Å². The summed E-state index contributed by atoms with van der Waals surface area (Å²) >= 11 is 7.29. The van der Waals surface area contributed by atoms with Crippen LogP contribution in [0.15, 0.2) is 52.3 Å². The van der Waals surface area contributed by atoms with Gasteiger partial charge in [0.25, 0.3) is 5.69 Å². The summed E-state index contributed by atoms with van der Waals surface area (Å²) in [6.07, 6.45) is 0. The van der Waals surface area contributed by atoms with Gasteiger partial charge in [0.15, 0.2) is 0 Å². The number of carboxylic acid groups (broad SMARTS) is 1. The van der Waals surface area contributed by atoms with Crippen LogP contribution in [-0.4, -0.2) is 16.0 Å². The van der Waals surface area contributed by atoms with E-state index in [4.69, 9.17) is 16.7 Å². The lowest BCUT2D eigenvalue weighted by molar-refractivity contribution is -0.384. The molecule has 0 unspecified atom stereocenters. The molecule has 0 aliphatic rings.